The Hall–Kier alpha value is -0.520. The van der Waals surface area contributed by atoms with Gasteiger partial charge in [-0.25, -0.2) is 0 Å². The SMILES string of the molecule is Cc1cccc(S(=O)C2CCOC3(CCSC3)C2)c1N. The Morgan fingerprint density at radius 2 is 2.35 bits per heavy atom. The molecule has 0 amide bonds. The fourth-order valence-electron chi connectivity index (χ4n) is 3.04. The molecule has 2 aliphatic rings. The van der Waals surface area contributed by atoms with E-state index in [0.29, 0.717) is 5.69 Å². The maximum Gasteiger partial charge on any atom is 0.0791 e. The first-order valence-corrected chi connectivity index (χ1v) is 9.45. The molecule has 2 fully saturated rings. The predicted octanol–water partition coefficient (Wildman–Crippen LogP) is 2.74. The van der Waals surface area contributed by atoms with Crippen molar-refractivity contribution in [1.82, 2.24) is 0 Å². The van der Waals surface area contributed by atoms with E-state index >= 15 is 0 Å². The highest BCUT2D eigenvalue weighted by atomic mass is 32.2. The van der Waals surface area contributed by atoms with Crippen LogP contribution in [-0.2, 0) is 15.5 Å². The van der Waals surface area contributed by atoms with E-state index in [-0.39, 0.29) is 10.9 Å². The van der Waals surface area contributed by atoms with Crippen LogP contribution in [0.3, 0.4) is 0 Å². The molecule has 1 spiro atoms. The van der Waals surface area contributed by atoms with Crippen LogP contribution in [0.2, 0.25) is 0 Å². The van der Waals surface area contributed by atoms with Gasteiger partial charge in [0.1, 0.15) is 0 Å². The van der Waals surface area contributed by atoms with Gasteiger partial charge in [0.2, 0.25) is 0 Å². The van der Waals surface area contributed by atoms with E-state index in [9.17, 15) is 4.21 Å². The van der Waals surface area contributed by atoms with Crippen molar-refractivity contribution < 1.29 is 8.95 Å². The zero-order valence-electron chi connectivity index (χ0n) is 11.8. The van der Waals surface area contributed by atoms with E-state index in [1.807, 2.05) is 36.9 Å². The number of ether oxygens (including phenoxy) is 1. The second-order valence-electron chi connectivity index (χ2n) is 5.73. The van der Waals surface area contributed by atoms with Crippen molar-refractivity contribution in [2.75, 3.05) is 23.8 Å². The molecule has 2 N–H and O–H groups in total. The highest BCUT2D eigenvalue weighted by molar-refractivity contribution is 7.99. The molecule has 3 unspecified atom stereocenters. The topological polar surface area (TPSA) is 52.3 Å². The molecule has 2 saturated heterocycles. The van der Waals surface area contributed by atoms with Gasteiger partial charge in [-0.1, -0.05) is 12.1 Å². The Morgan fingerprint density at radius 1 is 1.50 bits per heavy atom. The molecule has 2 aliphatic heterocycles. The number of anilines is 1. The van der Waals surface area contributed by atoms with E-state index in [1.54, 1.807) is 0 Å². The lowest BCUT2D eigenvalue weighted by Crippen LogP contribution is -2.43. The van der Waals surface area contributed by atoms with Crippen LogP contribution < -0.4 is 5.73 Å². The third kappa shape index (κ3) is 2.63. The van der Waals surface area contributed by atoms with Crippen LogP contribution in [0.4, 0.5) is 5.69 Å². The Morgan fingerprint density at radius 3 is 3.10 bits per heavy atom. The van der Waals surface area contributed by atoms with Crippen LogP contribution in [0.5, 0.6) is 0 Å². The molecule has 1 aromatic rings. The molecular weight excluding hydrogens is 290 g/mol. The smallest absolute Gasteiger partial charge is 0.0791 e. The van der Waals surface area contributed by atoms with Crippen LogP contribution in [0.15, 0.2) is 23.1 Å². The molecule has 1 aromatic carbocycles. The highest BCUT2D eigenvalue weighted by Crippen LogP contribution is 2.40. The van der Waals surface area contributed by atoms with E-state index in [0.717, 1.165) is 47.8 Å². The Labute approximate surface area is 127 Å². The summed E-state index contributed by atoms with van der Waals surface area (Å²) in [4.78, 5) is 0.803. The molecule has 2 heterocycles. The average Bonchev–Trinajstić information content (AvgIpc) is 2.89. The molecule has 0 aliphatic carbocycles. The molecule has 3 nitrogen and oxygen atoms in total. The lowest BCUT2D eigenvalue weighted by molar-refractivity contribution is -0.0567. The third-order valence-corrected chi connectivity index (χ3v) is 7.34. The van der Waals surface area contributed by atoms with Gasteiger partial charge in [0.25, 0.3) is 0 Å². The number of para-hydroxylation sites is 1. The van der Waals surface area contributed by atoms with Crippen molar-refractivity contribution in [3.8, 4) is 0 Å². The standard InChI is InChI=1S/C15H21NO2S2/c1-11-3-2-4-13(14(11)16)20(17)12-5-7-18-15(9-12)6-8-19-10-15/h2-4,12H,5-10,16H2,1H3. The zero-order valence-corrected chi connectivity index (χ0v) is 13.4. The molecular formula is C15H21NO2S2. The summed E-state index contributed by atoms with van der Waals surface area (Å²) in [5.74, 6) is 2.20. The van der Waals surface area contributed by atoms with E-state index in [4.69, 9.17) is 10.5 Å². The quantitative estimate of drug-likeness (QED) is 0.853. The Balaban J connectivity index is 1.81. The van der Waals surface area contributed by atoms with Crippen LogP contribution in [0, 0.1) is 6.92 Å². The first kappa shape index (κ1) is 14.4. The minimum Gasteiger partial charge on any atom is -0.398 e. The summed E-state index contributed by atoms with van der Waals surface area (Å²) < 4.78 is 18.9. The Bertz CT molecular complexity index is 527. The van der Waals surface area contributed by atoms with Crippen LogP contribution >= 0.6 is 11.8 Å². The molecule has 20 heavy (non-hydrogen) atoms. The number of aryl methyl sites for hydroxylation is 1. The fraction of sp³-hybridized carbons (Fsp3) is 0.600. The number of benzene rings is 1. The summed E-state index contributed by atoms with van der Waals surface area (Å²) in [6.07, 6.45) is 2.86. The third-order valence-electron chi connectivity index (χ3n) is 4.32. The van der Waals surface area contributed by atoms with Crippen LogP contribution in [0.1, 0.15) is 24.8 Å². The maximum atomic E-state index is 12.9. The molecule has 3 rings (SSSR count). The van der Waals surface area contributed by atoms with Crippen molar-refractivity contribution >= 4 is 28.2 Å². The average molecular weight is 311 g/mol. The normalized spacial score (nSPS) is 31.6. The monoisotopic (exact) mass is 311 g/mol. The number of nitrogens with two attached hydrogens (primary N) is 1. The summed E-state index contributed by atoms with van der Waals surface area (Å²) in [5, 5.41) is 0.173. The maximum absolute atomic E-state index is 12.9. The van der Waals surface area contributed by atoms with Gasteiger partial charge in [0.15, 0.2) is 0 Å². The lowest BCUT2D eigenvalue weighted by Gasteiger charge is -2.37. The molecule has 0 saturated carbocycles. The first-order valence-electron chi connectivity index (χ1n) is 7.09. The Kier molecular flexibility index (Phi) is 4.11. The first-order chi connectivity index (χ1) is 9.61. The fourth-order valence-corrected chi connectivity index (χ4v) is 6.13. The number of hydrogen-bond donors (Lipinski definition) is 1. The number of hydrogen-bond acceptors (Lipinski definition) is 4. The number of thioether (sulfide) groups is 1. The molecule has 0 radical (unpaired) electrons. The summed E-state index contributed by atoms with van der Waals surface area (Å²) in [6.45, 7) is 2.69. The second-order valence-corrected chi connectivity index (χ2v) is 8.54. The van der Waals surface area contributed by atoms with Gasteiger partial charge in [-0.2, -0.15) is 11.8 Å². The second kappa shape index (κ2) is 5.70. The molecule has 3 atom stereocenters. The van der Waals surface area contributed by atoms with E-state index in [2.05, 4.69) is 0 Å². The summed E-state index contributed by atoms with van der Waals surface area (Å²) in [6, 6.07) is 5.82. The van der Waals surface area contributed by atoms with E-state index < -0.39 is 10.8 Å². The van der Waals surface area contributed by atoms with Gasteiger partial charge in [-0.3, -0.25) is 4.21 Å². The lowest BCUT2D eigenvalue weighted by atomic mass is 9.93. The van der Waals surface area contributed by atoms with Crippen molar-refractivity contribution in [1.29, 1.82) is 0 Å². The van der Waals surface area contributed by atoms with Crippen molar-refractivity contribution in [2.45, 2.75) is 41.9 Å². The van der Waals surface area contributed by atoms with Crippen molar-refractivity contribution in [3.63, 3.8) is 0 Å². The molecule has 5 heteroatoms. The number of nitrogen functional groups attached to an aromatic ring is 1. The minimum atomic E-state index is -1.03. The van der Waals surface area contributed by atoms with Gasteiger partial charge >= 0.3 is 0 Å². The molecule has 0 bridgehead atoms. The van der Waals surface area contributed by atoms with Crippen LogP contribution in [0.25, 0.3) is 0 Å². The zero-order chi connectivity index (χ0) is 14.2. The molecule has 110 valence electrons. The van der Waals surface area contributed by atoms with Gasteiger partial charge in [0, 0.05) is 17.6 Å². The summed E-state index contributed by atoms with van der Waals surface area (Å²) in [5.41, 5.74) is 7.78. The van der Waals surface area contributed by atoms with Crippen molar-refractivity contribution in [2.24, 2.45) is 0 Å². The number of rotatable bonds is 2. The van der Waals surface area contributed by atoms with Gasteiger partial charge in [-0.15, -0.1) is 0 Å². The minimum absolute atomic E-state index is 0.0260. The largest absolute Gasteiger partial charge is 0.398 e. The summed E-state index contributed by atoms with van der Waals surface area (Å²) >= 11 is 1.95. The van der Waals surface area contributed by atoms with Gasteiger partial charge in [-0.05, 0) is 43.6 Å². The summed E-state index contributed by atoms with van der Waals surface area (Å²) in [7, 11) is -1.03. The van der Waals surface area contributed by atoms with Gasteiger partial charge in [0.05, 0.1) is 27.0 Å². The molecule has 0 aromatic heterocycles. The van der Waals surface area contributed by atoms with E-state index in [1.165, 1.54) is 0 Å². The van der Waals surface area contributed by atoms with Crippen molar-refractivity contribution in [3.05, 3.63) is 23.8 Å². The van der Waals surface area contributed by atoms with Crippen LogP contribution in [-0.4, -0.2) is 33.2 Å². The predicted molar refractivity (Wildman–Crippen MR) is 85.6 cm³/mol. The van der Waals surface area contributed by atoms with Gasteiger partial charge < -0.3 is 10.5 Å². The highest BCUT2D eigenvalue weighted by Gasteiger charge is 2.42.